The predicted molar refractivity (Wildman–Crippen MR) is 82.7 cm³/mol. The van der Waals surface area contributed by atoms with E-state index >= 15 is 0 Å². The number of hydrogen-bond acceptors (Lipinski definition) is 2. The van der Waals surface area contributed by atoms with E-state index < -0.39 is 0 Å². The van der Waals surface area contributed by atoms with Crippen LogP contribution in [0.1, 0.15) is 31.2 Å². The van der Waals surface area contributed by atoms with Crippen molar-refractivity contribution in [3.63, 3.8) is 0 Å². The van der Waals surface area contributed by atoms with E-state index in [0.29, 0.717) is 29.9 Å². The summed E-state index contributed by atoms with van der Waals surface area (Å²) in [7, 11) is 1.91. The minimum atomic E-state index is 0.165. The lowest BCUT2D eigenvalue weighted by Gasteiger charge is -2.37. The van der Waals surface area contributed by atoms with Crippen LogP contribution in [-0.4, -0.2) is 30.4 Å². The van der Waals surface area contributed by atoms with Gasteiger partial charge in [0, 0.05) is 18.1 Å². The lowest BCUT2D eigenvalue weighted by atomic mass is 9.83. The second-order valence-electron chi connectivity index (χ2n) is 5.66. The van der Waals surface area contributed by atoms with Crippen LogP contribution in [-0.2, 0) is 11.2 Å². The molecule has 110 valence electrons. The number of benzene rings is 1. The fraction of sp³-hybridized carbons (Fsp3) is 0.562. The van der Waals surface area contributed by atoms with Gasteiger partial charge in [0.25, 0.3) is 0 Å². The molecule has 0 radical (unpaired) electrons. The topological polar surface area (TPSA) is 46.3 Å². The van der Waals surface area contributed by atoms with Crippen LogP contribution in [0.5, 0.6) is 0 Å². The monoisotopic (exact) mass is 294 g/mol. The molecule has 2 unspecified atom stereocenters. The van der Waals surface area contributed by atoms with E-state index in [4.69, 9.17) is 17.3 Å². The molecule has 0 aliphatic heterocycles. The molecule has 0 saturated heterocycles. The summed E-state index contributed by atoms with van der Waals surface area (Å²) in [5.74, 6) is 0.612. The molecular weight excluding hydrogens is 272 g/mol. The zero-order valence-electron chi connectivity index (χ0n) is 12.0. The van der Waals surface area contributed by atoms with Gasteiger partial charge in [0.1, 0.15) is 0 Å². The normalized spacial score (nSPS) is 22.6. The first kappa shape index (κ1) is 15.3. The molecule has 3 nitrogen and oxygen atoms in total. The van der Waals surface area contributed by atoms with E-state index in [1.165, 1.54) is 12.8 Å². The van der Waals surface area contributed by atoms with Gasteiger partial charge in [0.15, 0.2) is 0 Å². The maximum absolute atomic E-state index is 12.4. The van der Waals surface area contributed by atoms with Crippen molar-refractivity contribution < 1.29 is 4.79 Å². The summed E-state index contributed by atoms with van der Waals surface area (Å²) in [6.07, 6.45) is 5.07. The smallest absolute Gasteiger partial charge is 0.226 e. The van der Waals surface area contributed by atoms with Gasteiger partial charge in [-0.3, -0.25) is 4.79 Å². The molecule has 1 saturated carbocycles. The predicted octanol–water partition coefficient (Wildman–Crippen LogP) is 2.86. The van der Waals surface area contributed by atoms with Crippen LogP contribution in [0, 0.1) is 5.92 Å². The number of halogens is 1. The number of nitrogens with two attached hydrogens (primary N) is 1. The average molecular weight is 295 g/mol. The molecule has 1 aromatic rings. The molecule has 1 amide bonds. The Bertz CT molecular complexity index is 446. The van der Waals surface area contributed by atoms with Crippen molar-refractivity contribution in [2.75, 3.05) is 13.6 Å². The third-order valence-corrected chi connectivity index (χ3v) is 4.58. The van der Waals surface area contributed by atoms with E-state index in [1.807, 2.05) is 36.2 Å². The Morgan fingerprint density at radius 1 is 1.30 bits per heavy atom. The van der Waals surface area contributed by atoms with E-state index in [9.17, 15) is 4.79 Å². The van der Waals surface area contributed by atoms with Gasteiger partial charge in [0.2, 0.25) is 5.91 Å². The molecule has 20 heavy (non-hydrogen) atoms. The van der Waals surface area contributed by atoms with Crippen molar-refractivity contribution in [1.82, 2.24) is 4.90 Å². The number of amides is 1. The van der Waals surface area contributed by atoms with Crippen molar-refractivity contribution in [3.8, 4) is 0 Å². The zero-order chi connectivity index (χ0) is 14.5. The molecule has 0 bridgehead atoms. The Morgan fingerprint density at radius 2 is 1.95 bits per heavy atom. The number of carbonyl (C=O) groups is 1. The molecule has 4 heteroatoms. The highest BCUT2D eigenvalue weighted by molar-refractivity contribution is 6.30. The van der Waals surface area contributed by atoms with Crippen LogP contribution >= 0.6 is 11.6 Å². The Morgan fingerprint density at radius 3 is 2.60 bits per heavy atom. The number of nitrogens with zero attached hydrogens (tertiary/aromatic N) is 1. The summed E-state index contributed by atoms with van der Waals surface area (Å²) in [4.78, 5) is 14.3. The van der Waals surface area contributed by atoms with E-state index in [-0.39, 0.29) is 5.91 Å². The Balaban J connectivity index is 1.98. The van der Waals surface area contributed by atoms with Crippen LogP contribution < -0.4 is 5.73 Å². The summed E-state index contributed by atoms with van der Waals surface area (Å²) >= 11 is 5.86. The Labute approximate surface area is 126 Å². The van der Waals surface area contributed by atoms with E-state index in [1.54, 1.807) is 0 Å². The minimum Gasteiger partial charge on any atom is -0.342 e. The van der Waals surface area contributed by atoms with Gasteiger partial charge in [-0.25, -0.2) is 0 Å². The maximum Gasteiger partial charge on any atom is 0.226 e. The number of rotatable bonds is 4. The fourth-order valence-corrected chi connectivity index (χ4v) is 3.19. The minimum absolute atomic E-state index is 0.165. The standard InChI is InChI=1S/C16H23ClN2O/c1-19(15-5-3-2-4-13(15)11-18)16(20)10-12-6-8-14(17)9-7-12/h6-9,13,15H,2-5,10-11,18H2,1H3. The first-order chi connectivity index (χ1) is 9.61. The highest BCUT2D eigenvalue weighted by Gasteiger charge is 2.29. The Kier molecular flexibility index (Phi) is 5.44. The highest BCUT2D eigenvalue weighted by atomic mass is 35.5. The van der Waals surface area contributed by atoms with Gasteiger partial charge in [-0.2, -0.15) is 0 Å². The second kappa shape index (κ2) is 7.09. The fourth-order valence-electron chi connectivity index (χ4n) is 3.06. The summed E-state index contributed by atoms with van der Waals surface area (Å²) in [6.45, 7) is 0.670. The molecule has 2 atom stereocenters. The summed E-state index contributed by atoms with van der Waals surface area (Å²) in [6, 6.07) is 7.78. The average Bonchev–Trinajstić information content (AvgIpc) is 2.48. The third-order valence-electron chi connectivity index (χ3n) is 4.33. The number of carbonyl (C=O) groups excluding carboxylic acids is 1. The summed E-state index contributed by atoms with van der Waals surface area (Å²) < 4.78 is 0. The quantitative estimate of drug-likeness (QED) is 0.928. The van der Waals surface area contributed by atoms with Crippen molar-refractivity contribution in [2.45, 2.75) is 38.1 Å². The van der Waals surface area contributed by atoms with Crippen molar-refractivity contribution in [3.05, 3.63) is 34.9 Å². The van der Waals surface area contributed by atoms with Crippen LogP contribution in [0.4, 0.5) is 0 Å². The molecule has 0 aromatic heterocycles. The van der Waals surface area contributed by atoms with Gasteiger partial charge in [-0.1, -0.05) is 36.6 Å². The molecule has 0 heterocycles. The molecule has 1 aliphatic carbocycles. The van der Waals surface area contributed by atoms with Gasteiger partial charge < -0.3 is 10.6 Å². The summed E-state index contributed by atoms with van der Waals surface area (Å²) in [5.41, 5.74) is 6.85. The van der Waals surface area contributed by atoms with Crippen molar-refractivity contribution in [2.24, 2.45) is 11.7 Å². The third kappa shape index (κ3) is 3.74. The van der Waals surface area contributed by atoms with Gasteiger partial charge in [-0.05, 0) is 43.0 Å². The first-order valence-electron chi connectivity index (χ1n) is 7.32. The number of likely N-dealkylation sites (N-methyl/N-ethyl adjacent to an activating group) is 1. The van der Waals surface area contributed by atoms with Crippen LogP contribution in [0.3, 0.4) is 0 Å². The van der Waals surface area contributed by atoms with E-state index in [2.05, 4.69) is 0 Å². The molecule has 2 rings (SSSR count). The second-order valence-corrected chi connectivity index (χ2v) is 6.09. The maximum atomic E-state index is 12.4. The SMILES string of the molecule is CN(C(=O)Cc1ccc(Cl)cc1)C1CCCCC1CN. The van der Waals surface area contributed by atoms with Crippen molar-refractivity contribution >= 4 is 17.5 Å². The summed E-state index contributed by atoms with van der Waals surface area (Å²) in [5, 5.41) is 0.699. The highest BCUT2D eigenvalue weighted by Crippen LogP contribution is 2.27. The van der Waals surface area contributed by atoms with Gasteiger partial charge in [-0.15, -0.1) is 0 Å². The zero-order valence-corrected chi connectivity index (χ0v) is 12.8. The number of hydrogen-bond donors (Lipinski definition) is 1. The van der Waals surface area contributed by atoms with Crippen LogP contribution in [0.25, 0.3) is 0 Å². The largest absolute Gasteiger partial charge is 0.342 e. The molecule has 1 fully saturated rings. The molecule has 0 spiro atoms. The van der Waals surface area contributed by atoms with Crippen molar-refractivity contribution in [1.29, 1.82) is 0 Å². The van der Waals surface area contributed by atoms with Gasteiger partial charge >= 0.3 is 0 Å². The first-order valence-corrected chi connectivity index (χ1v) is 7.69. The lowest BCUT2D eigenvalue weighted by molar-refractivity contribution is -0.132. The van der Waals surface area contributed by atoms with Gasteiger partial charge in [0.05, 0.1) is 6.42 Å². The van der Waals surface area contributed by atoms with Crippen LogP contribution in [0.2, 0.25) is 5.02 Å². The molecule has 2 N–H and O–H groups in total. The molecular formula is C16H23ClN2O. The molecule has 1 aliphatic rings. The Hall–Kier alpha value is -1.06. The molecule has 1 aromatic carbocycles. The lowest BCUT2D eigenvalue weighted by Crippen LogP contribution is -2.46. The van der Waals surface area contributed by atoms with Crippen LogP contribution in [0.15, 0.2) is 24.3 Å². The van der Waals surface area contributed by atoms with E-state index in [0.717, 1.165) is 18.4 Å².